The molecule has 2 heterocycles. The number of nitrogens with zero attached hydrogens (tertiary/aromatic N) is 3. The summed E-state index contributed by atoms with van der Waals surface area (Å²) in [5.74, 6) is -0.561. The Kier molecular flexibility index (Phi) is 4.41. The van der Waals surface area contributed by atoms with Crippen LogP contribution in [0.25, 0.3) is 16.6 Å². The Morgan fingerprint density at radius 3 is 2.67 bits per heavy atom. The van der Waals surface area contributed by atoms with Gasteiger partial charge in [-0.2, -0.15) is 9.61 Å². The van der Waals surface area contributed by atoms with Gasteiger partial charge in [-0.05, 0) is 30.7 Å². The van der Waals surface area contributed by atoms with Gasteiger partial charge in [-0.25, -0.2) is 4.79 Å². The van der Waals surface area contributed by atoms with E-state index in [-0.39, 0.29) is 17.9 Å². The first kappa shape index (κ1) is 17.3. The molecular formula is C20H16ClN3O3. The summed E-state index contributed by atoms with van der Waals surface area (Å²) in [6.45, 7) is 2.47. The molecule has 0 N–H and O–H groups in total. The van der Waals surface area contributed by atoms with E-state index in [0.717, 1.165) is 11.1 Å². The van der Waals surface area contributed by atoms with Crippen molar-refractivity contribution < 1.29 is 9.53 Å². The molecule has 4 aromatic rings. The van der Waals surface area contributed by atoms with Gasteiger partial charge in [-0.3, -0.25) is 4.79 Å². The standard InChI is InChI=1S/C20H16ClN3O3/c1-2-27-20(26)16-11-18-23(12-13-6-4-3-5-7-13)17-9-8-14(21)10-15(17)19(25)24(18)22-16/h3-11H,2,12H2,1H3. The van der Waals surface area contributed by atoms with E-state index in [0.29, 0.717) is 22.6 Å². The number of benzene rings is 2. The molecule has 0 aliphatic carbocycles. The third kappa shape index (κ3) is 3.08. The minimum atomic E-state index is -0.561. The highest BCUT2D eigenvalue weighted by Crippen LogP contribution is 2.21. The molecule has 0 aliphatic rings. The second-order valence-electron chi connectivity index (χ2n) is 6.06. The van der Waals surface area contributed by atoms with Crippen LogP contribution in [0.2, 0.25) is 5.02 Å². The van der Waals surface area contributed by atoms with Gasteiger partial charge in [-0.1, -0.05) is 41.9 Å². The SMILES string of the molecule is CCOC(=O)c1cc2n(Cc3ccccc3)c3ccc(Cl)cc3c(=O)n2n1. The molecule has 2 aromatic heterocycles. The number of ether oxygens (including phenoxy) is 1. The molecule has 27 heavy (non-hydrogen) atoms. The molecule has 0 unspecified atom stereocenters. The average Bonchev–Trinajstić information content (AvgIpc) is 3.12. The van der Waals surface area contributed by atoms with Crippen molar-refractivity contribution in [3.63, 3.8) is 0 Å². The molecule has 0 spiro atoms. The van der Waals surface area contributed by atoms with Crippen LogP contribution in [0.4, 0.5) is 0 Å². The lowest BCUT2D eigenvalue weighted by Crippen LogP contribution is -2.20. The van der Waals surface area contributed by atoms with Gasteiger partial charge in [-0.15, -0.1) is 0 Å². The van der Waals surface area contributed by atoms with Crippen LogP contribution in [0.1, 0.15) is 23.0 Å². The smallest absolute Gasteiger partial charge is 0.358 e. The number of rotatable bonds is 4. The van der Waals surface area contributed by atoms with E-state index in [2.05, 4.69) is 5.10 Å². The third-order valence-electron chi connectivity index (χ3n) is 4.31. The lowest BCUT2D eigenvalue weighted by Gasteiger charge is -2.13. The normalized spacial score (nSPS) is 11.2. The molecule has 0 aliphatic heterocycles. The first-order valence-corrected chi connectivity index (χ1v) is 8.89. The summed E-state index contributed by atoms with van der Waals surface area (Å²) in [4.78, 5) is 25.0. The number of fused-ring (bicyclic) bond motifs is 2. The summed E-state index contributed by atoms with van der Waals surface area (Å²) in [5.41, 5.74) is 2.05. The summed E-state index contributed by atoms with van der Waals surface area (Å²) >= 11 is 6.10. The molecule has 4 rings (SSSR count). The van der Waals surface area contributed by atoms with E-state index in [1.165, 1.54) is 4.52 Å². The fourth-order valence-electron chi connectivity index (χ4n) is 3.10. The van der Waals surface area contributed by atoms with Crippen molar-refractivity contribution in [1.29, 1.82) is 0 Å². The molecule has 0 fully saturated rings. The van der Waals surface area contributed by atoms with E-state index in [1.807, 2.05) is 34.9 Å². The molecule has 136 valence electrons. The molecule has 0 saturated heterocycles. The molecule has 0 atom stereocenters. The van der Waals surface area contributed by atoms with Gasteiger partial charge in [0.05, 0.1) is 17.5 Å². The highest BCUT2D eigenvalue weighted by atomic mass is 35.5. The summed E-state index contributed by atoms with van der Waals surface area (Å²) in [7, 11) is 0. The van der Waals surface area contributed by atoms with Gasteiger partial charge in [0, 0.05) is 17.6 Å². The van der Waals surface area contributed by atoms with Crippen LogP contribution in [0, 0.1) is 0 Å². The Bertz CT molecular complexity index is 1210. The van der Waals surface area contributed by atoms with E-state index in [4.69, 9.17) is 16.3 Å². The van der Waals surface area contributed by atoms with Gasteiger partial charge < -0.3 is 9.30 Å². The number of halogens is 1. The van der Waals surface area contributed by atoms with Crippen LogP contribution in [0.15, 0.2) is 59.4 Å². The van der Waals surface area contributed by atoms with Gasteiger partial charge >= 0.3 is 5.97 Å². The lowest BCUT2D eigenvalue weighted by molar-refractivity contribution is 0.0519. The number of hydrogen-bond donors (Lipinski definition) is 0. The van der Waals surface area contributed by atoms with Crippen molar-refractivity contribution in [3.8, 4) is 0 Å². The first-order chi connectivity index (χ1) is 13.1. The van der Waals surface area contributed by atoms with E-state index in [9.17, 15) is 9.59 Å². The zero-order valence-electron chi connectivity index (χ0n) is 14.6. The van der Waals surface area contributed by atoms with E-state index < -0.39 is 5.97 Å². The van der Waals surface area contributed by atoms with Crippen molar-refractivity contribution in [2.24, 2.45) is 0 Å². The minimum Gasteiger partial charge on any atom is -0.461 e. The van der Waals surface area contributed by atoms with Gasteiger partial charge in [0.2, 0.25) is 0 Å². The monoisotopic (exact) mass is 381 g/mol. The zero-order valence-corrected chi connectivity index (χ0v) is 15.3. The molecule has 0 bridgehead atoms. The molecule has 0 saturated carbocycles. The highest BCUT2D eigenvalue weighted by molar-refractivity contribution is 6.31. The summed E-state index contributed by atoms with van der Waals surface area (Å²) in [6, 6.07) is 16.6. The second kappa shape index (κ2) is 6.89. The van der Waals surface area contributed by atoms with Crippen molar-refractivity contribution >= 4 is 34.1 Å². The predicted octanol–water partition coefficient (Wildman–Crippen LogP) is 3.53. The second-order valence-corrected chi connectivity index (χ2v) is 6.49. The van der Waals surface area contributed by atoms with E-state index >= 15 is 0 Å². The number of hydrogen-bond acceptors (Lipinski definition) is 4. The fourth-order valence-corrected chi connectivity index (χ4v) is 3.27. The Labute approximate surface area is 159 Å². The Balaban J connectivity index is 2.02. The van der Waals surface area contributed by atoms with Crippen LogP contribution in [-0.4, -0.2) is 26.8 Å². The number of carbonyl (C=O) groups is 1. The van der Waals surface area contributed by atoms with Crippen LogP contribution in [0.5, 0.6) is 0 Å². The topological polar surface area (TPSA) is 65.6 Å². The summed E-state index contributed by atoms with van der Waals surface area (Å²) < 4.78 is 8.20. The van der Waals surface area contributed by atoms with Crippen molar-refractivity contribution in [2.45, 2.75) is 13.5 Å². The molecular weight excluding hydrogens is 366 g/mol. The maximum Gasteiger partial charge on any atom is 0.358 e. The highest BCUT2D eigenvalue weighted by Gasteiger charge is 2.18. The number of esters is 1. The van der Waals surface area contributed by atoms with Crippen LogP contribution in [0.3, 0.4) is 0 Å². The van der Waals surface area contributed by atoms with E-state index in [1.54, 1.807) is 31.2 Å². The molecule has 6 nitrogen and oxygen atoms in total. The maximum atomic E-state index is 12.9. The first-order valence-electron chi connectivity index (χ1n) is 8.51. The van der Waals surface area contributed by atoms with Crippen LogP contribution >= 0.6 is 11.6 Å². The van der Waals surface area contributed by atoms with Crippen LogP contribution < -0.4 is 5.56 Å². The zero-order chi connectivity index (χ0) is 19.0. The molecule has 7 heteroatoms. The summed E-state index contributed by atoms with van der Waals surface area (Å²) in [5, 5.41) is 5.07. The van der Waals surface area contributed by atoms with Crippen molar-refractivity contribution in [3.05, 3.63) is 81.2 Å². The fraction of sp³-hybridized carbons (Fsp3) is 0.150. The quantitative estimate of drug-likeness (QED) is 0.507. The average molecular weight is 382 g/mol. The third-order valence-corrected chi connectivity index (χ3v) is 4.54. The van der Waals surface area contributed by atoms with Gasteiger partial charge in [0.15, 0.2) is 5.69 Å². The largest absolute Gasteiger partial charge is 0.461 e. The lowest BCUT2D eigenvalue weighted by atomic mass is 10.2. The Hall–Kier alpha value is -3.12. The van der Waals surface area contributed by atoms with Gasteiger partial charge in [0.25, 0.3) is 5.56 Å². The van der Waals surface area contributed by atoms with Crippen molar-refractivity contribution in [2.75, 3.05) is 6.61 Å². The minimum absolute atomic E-state index is 0.0946. The predicted molar refractivity (Wildman–Crippen MR) is 103 cm³/mol. The maximum absolute atomic E-state index is 12.9. The number of aromatic nitrogens is 3. The van der Waals surface area contributed by atoms with Gasteiger partial charge in [0.1, 0.15) is 5.65 Å². The Morgan fingerprint density at radius 1 is 1.15 bits per heavy atom. The summed E-state index contributed by atoms with van der Waals surface area (Å²) in [6.07, 6.45) is 0. The molecule has 0 radical (unpaired) electrons. The molecule has 2 aromatic carbocycles. The Morgan fingerprint density at radius 2 is 1.93 bits per heavy atom. The number of carbonyl (C=O) groups excluding carboxylic acids is 1. The molecule has 0 amide bonds. The van der Waals surface area contributed by atoms with Crippen LogP contribution in [-0.2, 0) is 11.3 Å². The van der Waals surface area contributed by atoms with Crippen molar-refractivity contribution in [1.82, 2.24) is 14.2 Å².